The Morgan fingerprint density at radius 1 is 0.939 bits per heavy atom. The van der Waals surface area contributed by atoms with Gasteiger partial charge in [-0.2, -0.15) is 5.10 Å². The van der Waals surface area contributed by atoms with Crippen molar-refractivity contribution in [1.29, 1.82) is 0 Å². The van der Waals surface area contributed by atoms with E-state index in [-0.39, 0.29) is 19.3 Å². The molecule has 1 aromatic carbocycles. The summed E-state index contributed by atoms with van der Waals surface area (Å²) in [4.78, 5) is 30.0. The average Bonchev–Trinajstić information content (AvgIpc) is 3.20. The van der Waals surface area contributed by atoms with Crippen molar-refractivity contribution in [3.8, 4) is 22.5 Å². The second-order valence-corrected chi connectivity index (χ2v) is 7.94. The number of nitrogens with zero attached hydrogens (tertiary/aromatic N) is 6. The number of hydrogen-bond acceptors (Lipinski definition) is 7. The van der Waals surface area contributed by atoms with Gasteiger partial charge in [-0.1, -0.05) is 38.1 Å². The zero-order valence-corrected chi connectivity index (χ0v) is 17.6. The lowest BCUT2D eigenvalue weighted by Gasteiger charge is -2.40. The van der Waals surface area contributed by atoms with Crippen LogP contribution >= 0.6 is 0 Å². The fourth-order valence-corrected chi connectivity index (χ4v) is 4.04. The summed E-state index contributed by atoms with van der Waals surface area (Å²) in [6.07, 6.45) is 9.20. The summed E-state index contributed by atoms with van der Waals surface area (Å²) < 4.78 is 1.68. The van der Waals surface area contributed by atoms with E-state index in [4.69, 9.17) is 5.73 Å². The van der Waals surface area contributed by atoms with Crippen molar-refractivity contribution >= 4 is 17.7 Å². The number of aryl methyl sites for hydroxylation is 1. The molecule has 0 saturated heterocycles. The van der Waals surface area contributed by atoms with E-state index in [0.29, 0.717) is 5.82 Å². The minimum atomic E-state index is -0.542. The van der Waals surface area contributed by atoms with Gasteiger partial charge in [0.15, 0.2) is 5.82 Å². The Hall–Kier alpha value is -4.14. The van der Waals surface area contributed by atoms with Gasteiger partial charge in [0.1, 0.15) is 12.1 Å². The molecule has 1 aliphatic rings. The number of anilines is 2. The molecule has 1 saturated carbocycles. The average molecular weight is 443 g/mol. The third kappa shape index (κ3) is 4.05. The highest BCUT2D eigenvalue weighted by Crippen LogP contribution is 2.45. The predicted molar refractivity (Wildman–Crippen MR) is 127 cm³/mol. The van der Waals surface area contributed by atoms with Crippen LogP contribution in [0.5, 0.6) is 0 Å². The van der Waals surface area contributed by atoms with Gasteiger partial charge in [0, 0.05) is 36.8 Å². The molecule has 33 heavy (non-hydrogen) atoms. The van der Waals surface area contributed by atoms with Crippen LogP contribution in [0.2, 0.25) is 0 Å². The molecular formula is C24H26N8O. The van der Waals surface area contributed by atoms with Crippen LogP contribution in [0.4, 0.5) is 11.8 Å². The van der Waals surface area contributed by atoms with Gasteiger partial charge in [0.05, 0.1) is 5.41 Å². The number of benzene rings is 1. The molecule has 0 atom stereocenters. The summed E-state index contributed by atoms with van der Waals surface area (Å²) in [6, 6.07) is 11.7. The van der Waals surface area contributed by atoms with Gasteiger partial charge < -0.3 is 11.1 Å². The number of hydrogen-bond donors (Lipinski definition) is 2. The van der Waals surface area contributed by atoms with Crippen molar-refractivity contribution in [3.05, 3.63) is 66.9 Å². The summed E-state index contributed by atoms with van der Waals surface area (Å²) in [7, 11) is 1.82. The van der Waals surface area contributed by atoms with Crippen LogP contribution in [0.25, 0.3) is 22.5 Å². The van der Waals surface area contributed by atoms with Crippen molar-refractivity contribution in [1.82, 2.24) is 29.7 Å². The molecule has 3 heterocycles. The first-order chi connectivity index (χ1) is 15.5. The lowest BCUT2D eigenvalue weighted by atomic mass is 9.63. The van der Waals surface area contributed by atoms with E-state index in [1.54, 1.807) is 29.3 Å². The number of rotatable bonds is 5. The number of amides is 1. The number of nitrogen functional groups attached to an aromatic ring is 1. The first-order valence-corrected chi connectivity index (χ1v) is 10.4. The molecule has 9 heteroatoms. The van der Waals surface area contributed by atoms with Crippen LogP contribution in [0, 0.1) is 0 Å². The summed E-state index contributed by atoms with van der Waals surface area (Å²) in [5.74, 6) is 1.44. The van der Waals surface area contributed by atoms with E-state index < -0.39 is 5.41 Å². The Kier molecular flexibility index (Phi) is 5.87. The van der Waals surface area contributed by atoms with Crippen molar-refractivity contribution in [2.24, 2.45) is 7.05 Å². The Labute approximate surface area is 192 Å². The van der Waals surface area contributed by atoms with Crippen LogP contribution in [-0.2, 0) is 17.3 Å². The van der Waals surface area contributed by atoms with Crippen molar-refractivity contribution in [3.63, 3.8) is 0 Å². The largest absolute Gasteiger partial charge is 0.368 e. The fraction of sp³-hybridized carbons (Fsp3) is 0.250. The molecule has 1 aliphatic carbocycles. The molecule has 5 rings (SSSR count). The molecule has 0 radical (unpaired) electrons. The van der Waals surface area contributed by atoms with Crippen LogP contribution in [0.15, 0.2) is 61.3 Å². The number of aromatic nitrogens is 6. The van der Waals surface area contributed by atoms with Crippen molar-refractivity contribution < 1.29 is 4.79 Å². The highest BCUT2D eigenvalue weighted by molar-refractivity contribution is 5.99. The van der Waals surface area contributed by atoms with E-state index in [1.807, 2.05) is 37.4 Å². The molecule has 3 N–H and O–H groups in total. The van der Waals surface area contributed by atoms with Crippen LogP contribution in [-0.4, -0.2) is 35.6 Å². The second kappa shape index (κ2) is 8.78. The minimum Gasteiger partial charge on any atom is -0.368 e. The third-order valence-electron chi connectivity index (χ3n) is 6.06. The first-order valence-electron chi connectivity index (χ1n) is 10.4. The third-order valence-corrected chi connectivity index (χ3v) is 6.06. The predicted octanol–water partition coefficient (Wildman–Crippen LogP) is 3.61. The number of carbonyl (C=O) groups excluding carboxylic acids is 1. The molecule has 0 spiro atoms. The molecule has 4 aromatic rings. The van der Waals surface area contributed by atoms with Crippen LogP contribution < -0.4 is 11.1 Å². The maximum absolute atomic E-state index is 13.3. The molecule has 1 fully saturated rings. The summed E-state index contributed by atoms with van der Waals surface area (Å²) in [5, 5.41) is 7.07. The lowest BCUT2D eigenvalue weighted by Crippen LogP contribution is -2.46. The molecule has 0 aliphatic heterocycles. The van der Waals surface area contributed by atoms with Gasteiger partial charge >= 0.3 is 0 Å². The molecule has 0 bridgehead atoms. The topological polar surface area (TPSA) is 124 Å². The van der Waals surface area contributed by atoms with Crippen molar-refractivity contribution in [2.45, 2.75) is 32.1 Å². The molecule has 9 nitrogen and oxygen atoms in total. The highest BCUT2D eigenvalue weighted by Gasteiger charge is 2.45. The SMILES string of the molecule is C.Cn1ncnc1-c1ccc(NC(=O)C2(c3ccc(-c4cnc(N)nc4)cc3)CCC2)nc1. The van der Waals surface area contributed by atoms with Gasteiger partial charge in [-0.25, -0.2) is 24.6 Å². The summed E-state index contributed by atoms with van der Waals surface area (Å²) in [5.41, 5.74) is 8.72. The number of pyridine rings is 1. The molecule has 168 valence electrons. The lowest BCUT2D eigenvalue weighted by molar-refractivity contribution is -0.124. The standard InChI is InChI=1S/C23H22N8O.CH4/c1-31-20(28-14-29-31)16-5-8-19(25-11-16)30-21(32)23(9-2-10-23)18-6-3-15(4-7-18)17-12-26-22(24)27-13-17;/h3-8,11-14H,2,9-10H2,1H3,(H2,24,26,27)(H,25,30,32);1H4. The highest BCUT2D eigenvalue weighted by atomic mass is 16.2. The number of nitrogens with one attached hydrogen (secondary N) is 1. The summed E-state index contributed by atoms with van der Waals surface area (Å²) >= 11 is 0. The van der Waals surface area contributed by atoms with Crippen LogP contribution in [0.1, 0.15) is 32.3 Å². The van der Waals surface area contributed by atoms with Gasteiger partial charge in [0.25, 0.3) is 0 Å². The summed E-state index contributed by atoms with van der Waals surface area (Å²) in [6.45, 7) is 0. The smallest absolute Gasteiger partial charge is 0.236 e. The Morgan fingerprint density at radius 2 is 1.61 bits per heavy atom. The monoisotopic (exact) mass is 442 g/mol. The van der Waals surface area contributed by atoms with Gasteiger partial charge in [-0.3, -0.25) is 4.79 Å². The molecule has 0 unspecified atom stereocenters. The van der Waals surface area contributed by atoms with E-state index >= 15 is 0 Å². The molecule has 3 aromatic heterocycles. The van der Waals surface area contributed by atoms with Crippen molar-refractivity contribution in [2.75, 3.05) is 11.1 Å². The van der Waals surface area contributed by atoms with Gasteiger partial charge in [-0.15, -0.1) is 0 Å². The Balaban J connectivity index is 0.00000259. The van der Waals surface area contributed by atoms with E-state index in [9.17, 15) is 4.79 Å². The molecule has 1 amide bonds. The molecular weight excluding hydrogens is 416 g/mol. The van der Waals surface area contributed by atoms with Gasteiger partial charge in [-0.05, 0) is 36.1 Å². The zero-order chi connectivity index (χ0) is 22.1. The Bertz CT molecular complexity index is 1240. The normalized spacial score (nSPS) is 14.1. The van der Waals surface area contributed by atoms with E-state index in [0.717, 1.165) is 47.3 Å². The van der Waals surface area contributed by atoms with Crippen LogP contribution in [0.3, 0.4) is 0 Å². The van der Waals surface area contributed by atoms with Gasteiger partial charge in [0.2, 0.25) is 11.9 Å². The van der Waals surface area contributed by atoms with E-state index in [1.165, 1.54) is 6.33 Å². The van der Waals surface area contributed by atoms with E-state index in [2.05, 4.69) is 30.4 Å². The fourth-order valence-electron chi connectivity index (χ4n) is 4.04. The number of nitrogens with two attached hydrogens (primary N) is 1. The zero-order valence-electron chi connectivity index (χ0n) is 17.6. The quantitative estimate of drug-likeness (QED) is 0.484. The first kappa shape index (κ1) is 22.1. The minimum absolute atomic E-state index is 0. The number of carbonyl (C=O) groups is 1. The Morgan fingerprint density at radius 3 is 2.15 bits per heavy atom. The maximum atomic E-state index is 13.3. The maximum Gasteiger partial charge on any atom is 0.236 e. The second-order valence-electron chi connectivity index (χ2n) is 7.94.